The summed E-state index contributed by atoms with van der Waals surface area (Å²) in [4.78, 5) is 0. The average Bonchev–Trinajstić information content (AvgIpc) is 2.22. The Morgan fingerprint density at radius 1 is 1.24 bits per heavy atom. The molecule has 0 aromatic rings. The molecular weight excluding hydrogens is 204 g/mol. The van der Waals surface area contributed by atoms with Gasteiger partial charge in [0, 0.05) is 0 Å². The van der Waals surface area contributed by atoms with Gasteiger partial charge < -0.3 is 0 Å². The first-order chi connectivity index (χ1) is 7.76. The summed E-state index contributed by atoms with van der Waals surface area (Å²) >= 11 is 0. The van der Waals surface area contributed by atoms with E-state index in [4.69, 9.17) is 0 Å². The van der Waals surface area contributed by atoms with Gasteiger partial charge in [0.25, 0.3) is 0 Å². The van der Waals surface area contributed by atoms with Gasteiger partial charge in [-0.05, 0) is 50.4 Å². The summed E-state index contributed by atoms with van der Waals surface area (Å²) in [6.45, 7) is 17.9. The minimum atomic E-state index is 0.431. The summed E-state index contributed by atoms with van der Waals surface area (Å²) in [6.07, 6.45) is 8.41. The van der Waals surface area contributed by atoms with E-state index in [0.29, 0.717) is 11.3 Å². The zero-order chi connectivity index (χ0) is 13.5. The normalized spacial score (nSPS) is 14.8. The fourth-order valence-electron chi connectivity index (χ4n) is 1.88. The molecule has 17 heavy (non-hydrogen) atoms. The molecule has 0 heteroatoms. The van der Waals surface area contributed by atoms with Crippen molar-refractivity contribution in [3.63, 3.8) is 0 Å². The lowest BCUT2D eigenvalue weighted by Crippen LogP contribution is -2.07. The zero-order valence-corrected chi connectivity index (χ0v) is 12.9. The SMILES string of the molecule is C=C(CCC(C)(C)C)C(C)CCC(C)=CCC. The monoisotopic (exact) mass is 236 g/mol. The smallest absolute Gasteiger partial charge is 0.0231 e. The predicted molar refractivity (Wildman–Crippen MR) is 80.3 cm³/mol. The Hall–Kier alpha value is -0.520. The predicted octanol–water partition coefficient (Wildman–Crippen LogP) is 6.14. The van der Waals surface area contributed by atoms with Gasteiger partial charge in [0.05, 0.1) is 0 Å². The van der Waals surface area contributed by atoms with Gasteiger partial charge in [-0.2, -0.15) is 0 Å². The Bertz CT molecular complexity index is 250. The van der Waals surface area contributed by atoms with Gasteiger partial charge in [-0.15, -0.1) is 0 Å². The highest BCUT2D eigenvalue weighted by Gasteiger charge is 2.13. The summed E-state index contributed by atoms with van der Waals surface area (Å²) < 4.78 is 0. The molecule has 0 heterocycles. The second-order valence-corrected chi connectivity index (χ2v) is 6.62. The molecule has 0 nitrogen and oxygen atoms in total. The summed E-state index contributed by atoms with van der Waals surface area (Å²) in [6, 6.07) is 0. The van der Waals surface area contributed by atoms with Gasteiger partial charge in [-0.25, -0.2) is 0 Å². The Kier molecular flexibility index (Phi) is 7.50. The topological polar surface area (TPSA) is 0 Å². The van der Waals surface area contributed by atoms with Gasteiger partial charge in [0.1, 0.15) is 0 Å². The molecule has 0 amide bonds. The molecule has 0 spiro atoms. The van der Waals surface area contributed by atoms with Crippen molar-refractivity contribution in [3.05, 3.63) is 23.8 Å². The van der Waals surface area contributed by atoms with Crippen LogP contribution >= 0.6 is 0 Å². The Labute approximate surface area is 109 Å². The first kappa shape index (κ1) is 16.5. The van der Waals surface area contributed by atoms with Crippen molar-refractivity contribution in [3.8, 4) is 0 Å². The van der Waals surface area contributed by atoms with E-state index < -0.39 is 0 Å². The molecule has 0 N–H and O–H groups in total. The van der Waals surface area contributed by atoms with Crippen LogP contribution in [0.1, 0.15) is 73.6 Å². The van der Waals surface area contributed by atoms with Crippen molar-refractivity contribution in [2.75, 3.05) is 0 Å². The maximum Gasteiger partial charge on any atom is -0.0231 e. The largest absolute Gasteiger partial charge is 0.0996 e. The molecule has 0 saturated heterocycles. The summed E-state index contributed by atoms with van der Waals surface area (Å²) in [5, 5.41) is 0. The van der Waals surface area contributed by atoms with Gasteiger partial charge >= 0.3 is 0 Å². The van der Waals surface area contributed by atoms with Crippen LogP contribution in [0.25, 0.3) is 0 Å². The fraction of sp³-hybridized carbons (Fsp3) is 0.765. The lowest BCUT2D eigenvalue weighted by Gasteiger charge is -2.21. The van der Waals surface area contributed by atoms with Crippen LogP contribution < -0.4 is 0 Å². The van der Waals surface area contributed by atoms with Crippen LogP contribution in [0.15, 0.2) is 23.8 Å². The molecule has 0 fully saturated rings. The minimum absolute atomic E-state index is 0.431. The lowest BCUT2D eigenvalue weighted by atomic mass is 9.85. The molecule has 0 bridgehead atoms. The molecule has 0 aromatic heterocycles. The Morgan fingerprint density at radius 3 is 2.29 bits per heavy atom. The molecular formula is C17H32. The van der Waals surface area contributed by atoms with Crippen LogP contribution in [-0.2, 0) is 0 Å². The second-order valence-electron chi connectivity index (χ2n) is 6.62. The number of rotatable bonds is 7. The van der Waals surface area contributed by atoms with E-state index in [2.05, 4.69) is 54.2 Å². The van der Waals surface area contributed by atoms with E-state index >= 15 is 0 Å². The van der Waals surface area contributed by atoms with Crippen molar-refractivity contribution in [1.29, 1.82) is 0 Å². The third-order valence-electron chi connectivity index (χ3n) is 3.42. The molecule has 0 radical (unpaired) electrons. The van der Waals surface area contributed by atoms with E-state index in [9.17, 15) is 0 Å². The van der Waals surface area contributed by atoms with Crippen LogP contribution in [-0.4, -0.2) is 0 Å². The summed E-state index contributed by atoms with van der Waals surface area (Å²) in [5.41, 5.74) is 3.40. The minimum Gasteiger partial charge on any atom is -0.0996 e. The van der Waals surface area contributed by atoms with Gasteiger partial charge in [0.15, 0.2) is 0 Å². The van der Waals surface area contributed by atoms with E-state index in [1.807, 2.05) is 0 Å². The van der Waals surface area contributed by atoms with Gasteiger partial charge in [0.2, 0.25) is 0 Å². The van der Waals surface area contributed by atoms with E-state index in [0.717, 1.165) is 6.42 Å². The van der Waals surface area contributed by atoms with Crippen molar-refractivity contribution in [2.45, 2.75) is 73.6 Å². The average molecular weight is 236 g/mol. The molecule has 100 valence electrons. The maximum atomic E-state index is 4.26. The van der Waals surface area contributed by atoms with E-state index in [-0.39, 0.29) is 0 Å². The van der Waals surface area contributed by atoms with E-state index in [1.165, 1.54) is 36.8 Å². The lowest BCUT2D eigenvalue weighted by molar-refractivity contribution is 0.370. The van der Waals surface area contributed by atoms with Crippen LogP contribution in [0.4, 0.5) is 0 Å². The highest BCUT2D eigenvalue weighted by molar-refractivity contribution is 5.03. The molecule has 0 aliphatic heterocycles. The standard InChI is InChI=1S/C17H32/c1-8-9-14(2)10-11-15(3)16(4)12-13-17(5,6)7/h9,15H,4,8,10-13H2,1-3,5-7H3. The molecule has 0 rings (SSSR count). The first-order valence-electron chi connectivity index (χ1n) is 7.09. The Morgan fingerprint density at radius 2 is 1.82 bits per heavy atom. The molecule has 0 saturated carbocycles. The molecule has 1 unspecified atom stereocenters. The number of hydrogen-bond donors (Lipinski definition) is 0. The second kappa shape index (κ2) is 7.74. The van der Waals surface area contributed by atoms with Gasteiger partial charge in [-0.3, -0.25) is 0 Å². The maximum absolute atomic E-state index is 4.26. The third kappa shape index (κ3) is 9.21. The van der Waals surface area contributed by atoms with Crippen molar-refractivity contribution in [1.82, 2.24) is 0 Å². The van der Waals surface area contributed by atoms with Crippen molar-refractivity contribution in [2.24, 2.45) is 11.3 Å². The van der Waals surface area contributed by atoms with Crippen molar-refractivity contribution >= 4 is 0 Å². The molecule has 1 atom stereocenters. The first-order valence-corrected chi connectivity index (χ1v) is 7.09. The zero-order valence-electron chi connectivity index (χ0n) is 12.9. The van der Waals surface area contributed by atoms with Gasteiger partial charge in [-0.1, -0.05) is 58.4 Å². The van der Waals surface area contributed by atoms with Crippen LogP contribution in [0.3, 0.4) is 0 Å². The number of hydrogen-bond acceptors (Lipinski definition) is 0. The highest BCUT2D eigenvalue weighted by Crippen LogP contribution is 2.27. The number of allylic oxidation sites excluding steroid dienone is 3. The summed E-state index contributed by atoms with van der Waals surface area (Å²) in [5.74, 6) is 0.664. The van der Waals surface area contributed by atoms with Crippen LogP contribution in [0.5, 0.6) is 0 Å². The highest BCUT2D eigenvalue weighted by atomic mass is 14.2. The van der Waals surface area contributed by atoms with Crippen molar-refractivity contribution < 1.29 is 0 Å². The van der Waals surface area contributed by atoms with Crippen LogP contribution in [0, 0.1) is 11.3 Å². The molecule has 0 aromatic carbocycles. The fourth-order valence-corrected chi connectivity index (χ4v) is 1.88. The molecule has 0 aliphatic carbocycles. The summed E-state index contributed by atoms with van der Waals surface area (Å²) in [7, 11) is 0. The Balaban J connectivity index is 3.94. The third-order valence-corrected chi connectivity index (χ3v) is 3.42. The molecule has 0 aliphatic rings. The van der Waals surface area contributed by atoms with Crippen LogP contribution in [0.2, 0.25) is 0 Å². The quantitative estimate of drug-likeness (QED) is 0.466. The van der Waals surface area contributed by atoms with E-state index in [1.54, 1.807) is 0 Å².